The molecule has 0 aliphatic carbocycles. The smallest absolute Gasteiger partial charge is 0.282 e. The van der Waals surface area contributed by atoms with Crippen LogP contribution in [0.4, 0.5) is 20.2 Å². The van der Waals surface area contributed by atoms with E-state index in [0.717, 1.165) is 41.3 Å². The second-order valence-electron chi connectivity index (χ2n) is 7.79. The molecule has 1 N–H and O–H groups in total. The van der Waals surface area contributed by atoms with Crippen molar-refractivity contribution in [3.05, 3.63) is 100 Å². The van der Waals surface area contributed by atoms with E-state index in [2.05, 4.69) is 5.32 Å². The third-order valence-electron chi connectivity index (χ3n) is 5.52. The van der Waals surface area contributed by atoms with Crippen molar-refractivity contribution in [2.45, 2.75) is 27.2 Å². The van der Waals surface area contributed by atoms with Gasteiger partial charge in [0.25, 0.3) is 11.8 Å². The number of imide groups is 1. The highest BCUT2D eigenvalue weighted by Crippen LogP contribution is 2.36. The molecule has 4 nitrogen and oxygen atoms in total. The van der Waals surface area contributed by atoms with Crippen LogP contribution in [0.3, 0.4) is 0 Å². The number of carbonyl (C=O) groups is 2. The largest absolute Gasteiger partial charge is 0.350 e. The zero-order valence-electron chi connectivity index (χ0n) is 18.0. The van der Waals surface area contributed by atoms with Crippen LogP contribution >= 0.6 is 0 Å². The molecule has 0 bridgehead atoms. The Hall–Kier alpha value is -3.80. The summed E-state index contributed by atoms with van der Waals surface area (Å²) in [5.41, 5.74) is 3.81. The maximum atomic E-state index is 14.5. The third-order valence-corrected chi connectivity index (χ3v) is 5.52. The normalized spacial score (nSPS) is 13.8. The van der Waals surface area contributed by atoms with Gasteiger partial charge in [-0.1, -0.05) is 42.8 Å². The highest BCUT2D eigenvalue weighted by atomic mass is 19.1. The summed E-state index contributed by atoms with van der Waals surface area (Å²) in [7, 11) is 0. The number of amides is 2. The summed E-state index contributed by atoms with van der Waals surface area (Å²) in [6.45, 7) is 5.80. The number of benzene rings is 3. The van der Waals surface area contributed by atoms with Crippen LogP contribution in [-0.2, 0) is 16.0 Å². The fourth-order valence-electron chi connectivity index (χ4n) is 3.83. The molecule has 3 aromatic carbocycles. The minimum atomic E-state index is -0.860. The van der Waals surface area contributed by atoms with Crippen molar-refractivity contribution in [3.8, 4) is 0 Å². The average molecular weight is 432 g/mol. The van der Waals surface area contributed by atoms with Gasteiger partial charge >= 0.3 is 0 Å². The highest BCUT2D eigenvalue weighted by molar-refractivity contribution is 6.46. The minimum Gasteiger partial charge on any atom is -0.350 e. The Morgan fingerprint density at radius 3 is 2.25 bits per heavy atom. The molecule has 0 fully saturated rings. The first kappa shape index (κ1) is 21.4. The Bertz CT molecular complexity index is 1260. The molecule has 0 unspecified atom stereocenters. The van der Waals surface area contributed by atoms with E-state index < -0.39 is 29.1 Å². The molecule has 162 valence electrons. The molecule has 0 aromatic heterocycles. The summed E-state index contributed by atoms with van der Waals surface area (Å²) in [5, 5.41) is 3.05. The van der Waals surface area contributed by atoms with E-state index in [1.165, 1.54) is 0 Å². The first-order valence-electron chi connectivity index (χ1n) is 10.3. The lowest BCUT2D eigenvalue weighted by Gasteiger charge is -2.16. The van der Waals surface area contributed by atoms with E-state index in [0.29, 0.717) is 16.2 Å². The standard InChI is InChI=1S/C26H22F2N2O2/c1-4-17-6-9-19(10-7-17)29-24-23(20-11-5-15(2)13-16(20)3)25(31)30(26(24)32)22-14-18(27)8-12-21(22)28/h5-14,29H,4H2,1-3H3. The number of rotatable bonds is 5. The number of hydrogen-bond acceptors (Lipinski definition) is 3. The predicted octanol–water partition coefficient (Wildman–Crippen LogP) is 5.54. The molecule has 0 spiro atoms. The van der Waals surface area contributed by atoms with E-state index in [-0.39, 0.29) is 11.3 Å². The quantitative estimate of drug-likeness (QED) is 0.539. The lowest BCUT2D eigenvalue weighted by Crippen LogP contribution is -2.33. The highest BCUT2D eigenvalue weighted by Gasteiger charge is 2.42. The molecule has 1 heterocycles. The van der Waals surface area contributed by atoms with E-state index in [1.807, 2.05) is 57.2 Å². The Balaban J connectivity index is 1.86. The van der Waals surface area contributed by atoms with Crippen LogP contribution in [0.5, 0.6) is 0 Å². The van der Waals surface area contributed by atoms with E-state index >= 15 is 0 Å². The van der Waals surface area contributed by atoms with Gasteiger partial charge in [-0.3, -0.25) is 9.59 Å². The Kier molecular flexibility index (Phi) is 5.61. The maximum Gasteiger partial charge on any atom is 0.282 e. The van der Waals surface area contributed by atoms with Crippen LogP contribution < -0.4 is 10.2 Å². The van der Waals surface area contributed by atoms with Crippen molar-refractivity contribution in [1.82, 2.24) is 0 Å². The van der Waals surface area contributed by atoms with Gasteiger partial charge in [-0.05, 0) is 61.2 Å². The van der Waals surface area contributed by atoms with E-state index in [4.69, 9.17) is 0 Å². The first-order chi connectivity index (χ1) is 15.3. The van der Waals surface area contributed by atoms with Crippen molar-refractivity contribution in [2.75, 3.05) is 10.2 Å². The number of aryl methyl sites for hydroxylation is 3. The molecular formula is C26H22F2N2O2. The van der Waals surface area contributed by atoms with Crippen molar-refractivity contribution in [3.63, 3.8) is 0 Å². The van der Waals surface area contributed by atoms with Crippen LogP contribution in [0.1, 0.15) is 29.2 Å². The molecule has 0 radical (unpaired) electrons. The summed E-state index contributed by atoms with van der Waals surface area (Å²) in [5.74, 6) is -3.05. The molecule has 6 heteroatoms. The van der Waals surface area contributed by atoms with Crippen LogP contribution in [0.25, 0.3) is 5.57 Å². The van der Waals surface area contributed by atoms with Gasteiger partial charge in [0.2, 0.25) is 0 Å². The fourth-order valence-corrected chi connectivity index (χ4v) is 3.83. The molecule has 4 rings (SSSR count). The number of anilines is 2. The van der Waals surface area contributed by atoms with Gasteiger partial charge in [0.15, 0.2) is 0 Å². The zero-order valence-corrected chi connectivity index (χ0v) is 18.0. The second-order valence-corrected chi connectivity index (χ2v) is 7.79. The monoisotopic (exact) mass is 432 g/mol. The number of nitrogens with one attached hydrogen (secondary N) is 1. The van der Waals surface area contributed by atoms with Crippen LogP contribution in [-0.4, -0.2) is 11.8 Å². The molecule has 0 saturated heterocycles. The number of nitrogens with zero attached hydrogens (tertiary/aromatic N) is 1. The molecule has 0 atom stereocenters. The molecular weight excluding hydrogens is 410 g/mol. The summed E-state index contributed by atoms with van der Waals surface area (Å²) < 4.78 is 28.4. The average Bonchev–Trinajstić information content (AvgIpc) is 3.00. The van der Waals surface area contributed by atoms with Crippen molar-refractivity contribution in [1.29, 1.82) is 0 Å². The Morgan fingerprint density at radius 1 is 0.875 bits per heavy atom. The van der Waals surface area contributed by atoms with Gasteiger partial charge in [0, 0.05) is 11.8 Å². The second kappa shape index (κ2) is 8.38. The SMILES string of the molecule is CCc1ccc(NC2=C(c3ccc(C)cc3C)C(=O)N(c3cc(F)ccc3F)C2=O)cc1. The number of halogens is 2. The van der Waals surface area contributed by atoms with Gasteiger partial charge in [-0.15, -0.1) is 0 Å². The maximum absolute atomic E-state index is 14.5. The van der Waals surface area contributed by atoms with E-state index in [9.17, 15) is 18.4 Å². The molecule has 1 aliphatic heterocycles. The van der Waals surface area contributed by atoms with Gasteiger partial charge in [-0.25, -0.2) is 13.7 Å². The zero-order chi connectivity index (χ0) is 23.0. The third kappa shape index (κ3) is 3.80. The number of hydrogen-bond donors (Lipinski definition) is 1. The van der Waals surface area contributed by atoms with Gasteiger partial charge < -0.3 is 5.32 Å². The van der Waals surface area contributed by atoms with Crippen LogP contribution in [0.15, 0.2) is 66.4 Å². The number of carbonyl (C=O) groups excluding carboxylic acids is 2. The summed E-state index contributed by atoms with van der Waals surface area (Å²) >= 11 is 0. The van der Waals surface area contributed by atoms with Crippen molar-refractivity contribution < 1.29 is 18.4 Å². The molecule has 32 heavy (non-hydrogen) atoms. The van der Waals surface area contributed by atoms with Crippen LogP contribution in [0.2, 0.25) is 0 Å². The van der Waals surface area contributed by atoms with Gasteiger partial charge in [-0.2, -0.15) is 0 Å². The molecule has 3 aromatic rings. The molecule has 2 amide bonds. The van der Waals surface area contributed by atoms with Gasteiger partial charge in [0.1, 0.15) is 17.3 Å². The first-order valence-corrected chi connectivity index (χ1v) is 10.3. The van der Waals surface area contributed by atoms with Gasteiger partial charge in [0.05, 0.1) is 11.3 Å². The summed E-state index contributed by atoms with van der Waals surface area (Å²) in [6.07, 6.45) is 0.862. The summed E-state index contributed by atoms with van der Waals surface area (Å²) in [4.78, 5) is 27.5. The minimum absolute atomic E-state index is 0.0230. The fraction of sp³-hybridized carbons (Fsp3) is 0.154. The molecule has 1 aliphatic rings. The Morgan fingerprint density at radius 2 is 1.59 bits per heavy atom. The topological polar surface area (TPSA) is 49.4 Å². The van der Waals surface area contributed by atoms with Crippen molar-refractivity contribution in [2.24, 2.45) is 0 Å². The predicted molar refractivity (Wildman–Crippen MR) is 121 cm³/mol. The molecule has 0 saturated carbocycles. The lowest BCUT2D eigenvalue weighted by molar-refractivity contribution is -0.120. The van der Waals surface area contributed by atoms with Crippen LogP contribution in [0, 0.1) is 25.5 Å². The summed E-state index contributed by atoms with van der Waals surface area (Å²) in [6, 6.07) is 15.7. The lowest BCUT2D eigenvalue weighted by atomic mass is 9.97. The van der Waals surface area contributed by atoms with E-state index in [1.54, 1.807) is 6.07 Å². The van der Waals surface area contributed by atoms with Crippen molar-refractivity contribution >= 4 is 28.8 Å². The Labute approximate surface area is 185 Å².